The number of carbonyl (C=O) groups is 3. The summed E-state index contributed by atoms with van der Waals surface area (Å²) >= 11 is 0. The fourth-order valence-electron chi connectivity index (χ4n) is 4.50. The zero-order chi connectivity index (χ0) is 25.4. The molecule has 0 radical (unpaired) electrons. The Bertz CT molecular complexity index is 980. The number of amides is 3. The summed E-state index contributed by atoms with van der Waals surface area (Å²) in [5.41, 5.74) is 8.00. The zero-order valence-electron chi connectivity index (χ0n) is 20.9. The highest BCUT2D eigenvalue weighted by Gasteiger charge is 2.39. The lowest BCUT2D eigenvalue weighted by molar-refractivity contribution is -0.142. The van der Waals surface area contributed by atoms with Crippen molar-refractivity contribution in [1.82, 2.24) is 15.5 Å². The van der Waals surface area contributed by atoms with Crippen LogP contribution in [0.15, 0.2) is 60.7 Å². The third kappa shape index (κ3) is 6.92. The Hall–Kier alpha value is -3.19. The molecule has 0 spiro atoms. The van der Waals surface area contributed by atoms with E-state index in [0.717, 1.165) is 17.5 Å². The van der Waals surface area contributed by atoms with Gasteiger partial charge in [0, 0.05) is 6.54 Å². The molecule has 1 saturated heterocycles. The van der Waals surface area contributed by atoms with Gasteiger partial charge in [-0.05, 0) is 42.7 Å². The van der Waals surface area contributed by atoms with Crippen LogP contribution in [-0.2, 0) is 20.8 Å². The molecule has 2 aromatic carbocycles. The lowest BCUT2D eigenvalue weighted by atomic mass is 9.98. The van der Waals surface area contributed by atoms with Crippen LogP contribution in [0.25, 0.3) is 0 Å². The molecule has 0 aromatic heterocycles. The fraction of sp³-hybridized carbons (Fsp3) is 0.464. The maximum absolute atomic E-state index is 13.5. The first kappa shape index (κ1) is 26.4. The SMILES string of the molecule is CC[C@H](N)C(=O)N[C@H](C(=O)N1CCC[C@H]1C(=O)N[C@@H](Cc1ccccc1)c1ccccc1)C(C)C. The van der Waals surface area contributed by atoms with E-state index in [-0.39, 0.29) is 29.7 Å². The number of nitrogens with one attached hydrogen (secondary N) is 2. The van der Waals surface area contributed by atoms with Gasteiger partial charge < -0.3 is 21.3 Å². The molecular weight excluding hydrogens is 440 g/mol. The largest absolute Gasteiger partial charge is 0.347 e. The fourth-order valence-corrected chi connectivity index (χ4v) is 4.50. The Morgan fingerprint density at radius 3 is 2.23 bits per heavy atom. The topological polar surface area (TPSA) is 105 Å². The molecule has 0 aliphatic carbocycles. The molecule has 1 aliphatic heterocycles. The lowest BCUT2D eigenvalue weighted by Crippen LogP contribution is -2.57. The smallest absolute Gasteiger partial charge is 0.246 e. The van der Waals surface area contributed by atoms with E-state index >= 15 is 0 Å². The standard InChI is InChI=1S/C28H38N4O3/c1-4-22(29)26(33)31-25(19(2)3)28(35)32-17-11-16-24(32)27(34)30-23(21-14-9-6-10-15-21)18-20-12-7-5-8-13-20/h5-10,12-15,19,22-25H,4,11,16-18,29H2,1-3H3,(H,30,34)(H,31,33)/t22-,23-,24-,25-/m0/s1. The van der Waals surface area contributed by atoms with Gasteiger partial charge in [0.1, 0.15) is 12.1 Å². The first-order chi connectivity index (χ1) is 16.8. The van der Waals surface area contributed by atoms with Gasteiger partial charge in [-0.25, -0.2) is 0 Å². The van der Waals surface area contributed by atoms with Crippen molar-refractivity contribution >= 4 is 17.7 Å². The summed E-state index contributed by atoms with van der Waals surface area (Å²) in [4.78, 5) is 41.0. The van der Waals surface area contributed by atoms with Crippen molar-refractivity contribution in [3.63, 3.8) is 0 Å². The van der Waals surface area contributed by atoms with E-state index in [2.05, 4.69) is 10.6 Å². The van der Waals surface area contributed by atoms with Gasteiger partial charge in [-0.15, -0.1) is 0 Å². The number of nitrogens with zero attached hydrogens (tertiary/aromatic N) is 1. The molecule has 0 saturated carbocycles. The van der Waals surface area contributed by atoms with E-state index in [1.807, 2.05) is 81.4 Å². The number of nitrogens with two attached hydrogens (primary N) is 1. The zero-order valence-corrected chi connectivity index (χ0v) is 20.9. The number of rotatable bonds is 10. The summed E-state index contributed by atoms with van der Waals surface area (Å²) in [7, 11) is 0. The van der Waals surface area contributed by atoms with Crippen LogP contribution in [0.1, 0.15) is 57.2 Å². The Kier molecular flexibility index (Phi) is 9.43. The van der Waals surface area contributed by atoms with Crippen molar-refractivity contribution in [3.05, 3.63) is 71.8 Å². The van der Waals surface area contributed by atoms with Crippen molar-refractivity contribution in [2.24, 2.45) is 11.7 Å². The van der Waals surface area contributed by atoms with Gasteiger partial charge in [-0.1, -0.05) is 81.4 Å². The molecule has 3 amide bonds. The molecular formula is C28H38N4O3. The molecule has 7 heteroatoms. The summed E-state index contributed by atoms with van der Waals surface area (Å²) in [5.74, 6) is -0.866. The normalized spacial score (nSPS) is 18.1. The van der Waals surface area contributed by atoms with Crippen LogP contribution >= 0.6 is 0 Å². The van der Waals surface area contributed by atoms with E-state index in [1.165, 1.54) is 0 Å². The van der Waals surface area contributed by atoms with E-state index in [0.29, 0.717) is 25.8 Å². The van der Waals surface area contributed by atoms with Crippen LogP contribution in [0.4, 0.5) is 0 Å². The second-order valence-electron chi connectivity index (χ2n) is 9.60. The van der Waals surface area contributed by atoms with Crippen molar-refractivity contribution in [2.45, 2.75) is 70.6 Å². The average molecular weight is 479 g/mol. The number of hydrogen-bond acceptors (Lipinski definition) is 4. The Morgan fingerprint density at radius 2 is 1.63 bits per heavy atom. The third-order valence-electron chi connectivity index (χ3n) is 6.65. The summed E-state index contributed by atoms with van der Waals surface area (Å²) in [6.07, 6.45) is 2.47. The van der Waals surface area contributed by atoms with E-state index in [9.17, 15) is 14.4 Å². The number of hydrogen-bond donors (Lipinski definition) is 3. The van der Waals surface area contributed by atoms with Gasteiger partial charge in [0.2, 0.25) is 17.7 Å². The quantitative estimate of drug-likeness (QED) is 0.488. The first-order valence-corrected chi connectivity index (χ1v) is 12.6. The molecule has 0 bridgehead atoms. The summed E-state index contributed by atoms with van der Waals surface area (Å²) in [6.45, 7) is 6.09. The predicted octanol–water partition coefficient (Wildman–Crippen LogP) is 2.96. The summed E-state index contributed by atoms with van der Waals surface area (Å²) < 4.78 is 0. The highest BCUT2D eigenvalue weighted by atomic mass is 16.2. The van der Waals surface area contributed by atoms with Crippen molar-refractivity contribution in [1.29, 1.82) is 0 Å². The van der Waals surface area contributed by atoms with Gasteiger partial charge in [-0.3, -0.25) is 14.4 Å². The van der Waals surface area contributed by atoms with E-state index in [1.54, 1.807) is 4.90 Å². The molecule has 2 aromatic rings. The maximum atomic E-state index is 13.5. The second-order valence-corrected chi connectivity index (χ2v) is 9.60. The average Bonchev–Trinajstić information content (AvgIpc) is 3.37. The minimum Gasteiger partial charge on any atom is -0.347 e. The Labute approximate surface area is 208 Å². The highest BCUT2D eigenvalue weighted by Crippen LogP contribution is 2.24. The van der Waals surface area contributed by atoms with Gasteiger partial charge in [0.05, 0.1) is 12.1 Å². The van der Waals surface area contributed by atoms with Crippen LogP contribution in [-0.4, -0.2) is 47.3 Å². The number of benzene rings is 2. The number of carbonyl (C=O) groups excluding carboxylic acids is 3. The molecule has 1 heterocycles. The maximum Gasteiger partial charge on any atom is 0.246 e. The summed E-state index contributed by atoms with van der Waals surface area (Å²) in [5, 5.41) is 6.02. The molecule has 1 fully saturated rings. The second kappa shape index (κ2) is 12.5. The van der Waals surface area contributed by atoms with Gasteiger partial charge in [0.15, 0.2) is 0 Å². The molecule has 7 nitrogen and oxygen atoms in total. The minimum absolute atomic E-state index is 0.130. The Balaban J connectivity index is 1.76. The van der Waals surface area contributed by atoms with Gasteiger partial charge in [-0.2, -0.15) is 0 Å². The molecule has 4 N–H and O–H groups in total. The van der Waals surface area contributed by atoms with Crippen molar-refractivity contribution < 1.29 is 14.4 Å². The van der Waals surface area contributed by atoms with Crippen molar-refractivity contribution in [3.8, 4) is 0 Å². The minimum atomic E-state index is -0.720. The molecule has 0 unspecified atom stereocenters. The molecule has 3 rings (SSSR count). The van der Waals surface area contributed by atoms with Gasteiger partial charge >= 0.3 is 0 Å². The van der Waals surface area contributed by atoms with Gasteiger partial charge in [0.25, 0.3) is 0 Å². The molecule has 1 aliphatic rings. The highest BCUT2D eigenvalue weighted by molar-refractivity contribution is 5.93. The predicted molar refractivity (Wildman–Crippen MR) is 137 cm³/mol. The molecule has 4 atom stereocenters. The lowest BCUT2D eigenvalue weighted by Gasteiger charge is -2.32. The Morgan fingerprint density at radius 1 is 1.00 bits per heavy atom. The first-order valence-electron chi connectivity index (χ1n) is 12.6. The van der Waals surface area contributed by atoms with Crippen LogP contribution in [0.5, 0.6) is 0 Å². The van der Waals surface area contributed by atoms with Crippen molar-refractivity contribution in [2.75, 3.05) is 6.54 Å². The van der Waals surface area contributed by atoms with E-state index in [4.69, 9.17) is 5.73 Å². The van der Waals surface area contributed by atoms with Crippen LogP contribution in [0.3, 0.4) is 0 Å². The third-order valence-corrected chi connectivity index (χ3v) is 6.65. The monoisotopic (exact) mass is 478 g/mol. The van der Waals surface area contributed by atoms with Crippen LogP contribution in [0, 0.1) is 5.92 Å². The molecule has 35 heavy (non-hydrogen) atoms. The van der Waals surface area contributed by atoms with Crippen LogP contribution in [0.2, 0.25) is 0 Å². The summed E-state index contributed by atoms with van der Waals surface area (Å²) in [6, 6.07) is 17.8. The van der Waals surface area contributed by atoms with E-state index < -0.39 is 18.1 Å². The number of likely N-dealkylation sites (tertiary alicyclic amines) is 1. The molecule has 188 valence electrons. The van der Waals surface area contributed by atoms with Crippen LogP contribution < -0.4 is 16.4 Å².